The van der Waals surface area contributed by atoms with Crippen molar-refractivity contribution in [1.29, 1.82) is 0 Å². The van der Waals surface area contributed by atoms with Crippen LogP contribution in [0.1, 0.15) is 0 Å². The maximum Gasteiger partial charge on any atom is 0.514 e. The summed E-state index contributed by atoms with van der Waals surface area (Å²) in [7, 11) is 4.99. The van der Waals surface area contributed by atoms with Gasteiger partial charge in [0.15, 0.2) is 17.0 Å². The summed E-state index contributed by atoms with van der Waals surface area (Å²) in [4.78, 5) is 49.9. The first kappa shape index (κ1) is 29.7. The lowest BCUT2D eigenvalue weighted by Crippen LogP contribution is -2.42. The van der Waals surface area contributed by atoms with E-state index in [1.807, 2.05) is 0 Å². The molecule has 1 saturated heterocycles. The zero-order valence-corrected chi connectivity index (χ0v) is 23.8. The molecule has 44 heavy (non-hydrogen) atoms. The molecule has 0 spiro atoms. The molecule has 0 saturated carbocycles. The van der Waals surface area contributed by atoms with Crippen molar-refractivity contribution in [2.75, 3.05) is 37.0 Å². The maximum atomic E-state index is 15.1. The summed E-state index contributed by atoms with van der Waals surface area (Å²) in [6.07, 6.45) is 0.662. The van der Waals surface area contributed by atoms with E-state index in [-0.39, 0.29) is 36.0 Å². The number of aryl methyl sites for hydroxylation is 2. The fourth-order valence-electron chi connectivity index (χ4n) is 4.36. The lowest BCUT2D eigenvalue weighted by Gasteiger charge is -2.18. The molecule has 0 radical (unpaired) electrons. The van der Waals surface area contributed by atoms with Gasteiger partial charge in [-0.2, -0.15) is 9.97 Å². The van der Waals surface area contributed by atoms with Gasteiger partial charge in [-0.05, 0) is 12.1 Å². The number of benzene rings is 1. The van der Waals surface area contributed by atoms with Crippen molar-refractivity contribution in [3.8, 4) is 11.6 Å². The molecule has 1 aliphatic heterocycles. The summed E-state index contributed by atoms with van der Waals surface area (Å²) >= 11 is 0. The summed E-state index contributed by atoms with van der Waals surface area (Å²) < 4.78 is 33.5. The van der Waals surface area contributed by atoms with Crippen LogP contribution in [0.4, 0.5) is 32.3 Å². The minimum absolute atomic E-state index is 0.00596. The van der Waals surface area contributed by atoms with E-state index >= 15 is 4.39 Å². The van der Waals surface area contributed by atoms with E-state index in [4.69, 9.17) is 14.2 Å². The Kier molecular flexibility index (Phi) is 8.23. The molecular formula is C26H27FN10O7. The number of aromatic nitrogens is 6. The van der Waals surface area contributed by atoms with Crippen molar-refractivity contribution in [1.82, 2.24) is 34.6 Å². The average molecular weight is 611 g/mol. The third kappa shape index (κ3) is 6.32. The number of ether oxygens (including phenoxy) is 3. The largest absolute Gasteiger partial charge is 0.514 e. The van der Waals surface area contributed by atoms with E-state index in [1.165, 1.54) is 19.2 Å². The summed E-state index contributed by atoms with van der Waals surface area (Å²) in [6, 6.07) is 3.81. The quantitative estimate of drug-likeness (QED) is 0.0873. The number of hydrogen-bond donors (Lipinski definition) is 2. The molecule has 3 aromatic heterocycles. The van der Waals surface area contributed by atoms with Gasteiger partial charge in [-0.3, -0.25) is 19.6 Å². The number of nitrogens with one attached hydrogen (secondary N) is 2. The van der Waals surface area contributed by atoms with Crippen molar-refractivity contribution >= 4 is 46.4 Å². The molecule has 2 N–H and O–H groups in total. The number of nitro groups is 1. The second-order valence-corrected chi connectivity index (χ2v) is 9.75. The minimum atomic E-state index is -1.47. The van der Waals surface area contributed by atoms with E-state index in [0.717, 1.165) is 12.1 Å². The average Bonchev–Trinajstić information content (AvgIpc) is 3.67. The number of hydrogen-bond acceptors (Lipinski definition) is 13. The van der Waals surface area contributed by atoms with Gasteiger partial charge in [-0.1, -0.05) is 6.58 Å². The number of imidazole rings is 1. The molecule has 17 nitrogen and oxygen atoms in total. The fourth-order valence-corrected chi connectivity index (χ4v) is 4.36. The van der Waals surface area contributed by atoms with Gasteiger partial charge in [0.2, 0.25) is 11.9 Å². The van der Waals surface area contributed by atoms with Crippen LogP contribution >= 0.6 is 0 Å². The number of rotatable bonds is 10. The molecule has 1 aliphatic rings. The first-order chi connectivity index (χ1) is 21.0. The lowest BCUT2D eigenvalue weighted by atomic mass is 10.2. The lowest BCUT2D eigenvalue weighted by molar-refractivity contribution is -0.384. The standard InChI is InChI=1S/C26H27FN10O7/c1-14(12-43-26(39)44-16-7-5-15(6-8-16)37(40)41)23(38)30-18-11-36(9-17(18)27)25-31-21(20-22(32-25)34(2)13-28-20)29-19-10-35(3)33-24(19)42-4/h5-8,10,13,17-18H,1,9,11-12H2,2-4H3,(H,30,38)(H,29,31,32)/t17-,18-/m1/s1. The first-order valence-corrected chi connectivity index (χ1v) is 13.0. The molecule has 0 bridgehead atoms. The number of methoxy groups -OCH3 is 1. The molecule has 1 fully saturated rings. The highest BCUT2D eigenvalue weighted by atomic mass is 19.1. The summed E-state index contributed by atoms with van der Waals surface area (Å²) in [5.74, 6) is 0.185. The number of alkyl halides is 1. The molecule has 1 amide bonds. The van der Waals surface area contributed by atoms with Crippen LogP contribution in [0.5, 0.6) is 11.6 Å². The van der Waals surface area contributed by atoms with Crippen LogP contribution < -0.4 is 25.0 Å². The number of fused-ring (bicyclic) bond motifs is 1. The second-order valence-electron chi connectivity index (χ2n) is 9.75. The second kappa shape index (κ2) is 12.2. The number of nitro benzene ring substituents is 1. The van der Waals surface area contributed by atoms with Crippen LogP contribution in [-0.2, 0) is 23.6 Å². The molecule has 230 valence electrons. The zero-order chi connectivity index (χ0) is 31.5. The highest BCUT2D eigenvalue weighted by Crippen LogP contribution is 2.30. The minimum Gasteiger partial charge on any atom is -0.478 e. The van der Waals surface area contributed by atoms with Crippen LogP contribution in [0, 0.1) is 10.1 Å². The van der Waals surface area contributed by atoms with Gasteiger partial charge in [0.1, 0.15) is 24.2 Å². The summed E-state index contributed by atoms with van der Waals surface area (Å²) in [6.45, 7) is 3.01. The highest BCUT2D eigenvalue weighted by Gasteiger charge is 2.36. The van der Waals surface area contributed by atoms with E-state index in [1.54, 1.807) is 40.8 Å². The van der Waals surface area contributed by atoms with Crippen LogP contribution in [0.25, 0.3) is 11.2 Å². The smallest absolute Gasteiger partial charge is 0.478 e. The third-order valence-electron chi connectivity index (χ3n) is 6.57. The predicted molar refractivity (Wildman–Crippen MR) is 153 cm³/mol. The molecule has 5 rings (SSSR count). The number of nitrogens with zero attached hydrogens (tertiary/aromatic N) is 8. The fraction of sp³-hybridized carbons (Fsp3) is 0.308. The topological polar surface area (TPSA) is 194 Å². The molecule has 4 aromatic rings. The Morgan fingerprint density at radius 3 is 2.66 bits per heavy atom. The van der Waals surface area contributed by atoms with Gasteiger partial charge in [0, 0.05) is 38.3 Å². The van der Waals surface area contributed by atoms with Gasteiger partial charge in [0.25, 0.3) is 11.6 Å². The van der Waals surface area contributed by atoms with Crippen molar-refractivity contribution in [3.63, 3.8) is 0 Å². The first-order valence-electron chi connectivity index (χ1n) is 13.0. The van der Waals surface area contributed by atoms with E-state index in [0.29, 0.717) is 28.5 Å². The Morgan fingerprint density at radius 2 is 1.95 bits per heavy atom. The number of non-ortho nitro benzene ring substituents is 1. The molecular weight excluding hydrogens is 583 g/mol. The van der Waals surface area contributed by atoms with E-state index < -0.39 is 35.8 Å². The number of carbonyl (C=O) groups excluding carboxylic acids is 2. The van der Waals surface area contributed by atoms with Crippen molar-refractivity contribution in [2.24, 2.45) is 14.1 Å². The van der Waals surface area contributed by atoms with Crippen molar-refractivity contribution in [3.05, 3.63) is 59.1 Å². The van der Waals surface area contributed by atoms with Gasteiger partial charge in [-0.15, -0.1) is 5.10 Å². The van der Waals surface area contributed by atoms with Gasteiger partial charge < -0.3 is 34.3 Å². The van der Waals surface area contributed by atoms with Gasteiger partial charge >= 0.3 is 6.16 Å². The summed E-state index contributed by atoms with van der Waals surface area (Å²) in [5.41, 5.74) is 1.18. The number of halogens is 1. The van der Waals surface area contributed by atoms with E-state index in [9.17, 15) is 19.7 Å². The number of amides is 1. The Bertz CT molecular complexity index is 1740. The Hall–Kier alpha value is -5.81. The van der Waals surface area contributed by atoms with Crippen LogP contribution in [0.2, 0.25) is 0 Å². The molecule has 4 heterocycles. The maximum absolute atomic E-state index is 15.1. The van der Waals surface area contributed by atoms with Crippen LogP contribution in [0.15, 0.2) is 48.9 Å². The molecule has 0 unspecified atom stereocenters. The molecule has 1 aromatic carbocycles. The SMILES string of the molecule is C=C(COC(=O)Oc1ccc([N+](=O)[O-])cc1)C(=O)N[C@@H]1CN(c2nc(Nc3cn(C)nc3OC)c3ncn(C)c3n2)C[C@H]1F. The number of anilines is 3. The Morgan fingerprint density at radius 1 is 1.20 bits per heavy atom. The molecule has 0 aliphatic carbocycles. The monoisotopic (exact) mass is 610 g/mol. The Balaban J connectivity index is 1.20. The van der Waals surface area contributed by atoms with Crippen LogP contribution in [0.3, 0.4) is 0 Å². The zero-order valence-electron chi connectivity index (χ0n) is 23.8. The van der Waals surface area contributed by atoms with Gasteiger partial charge in [-0.25, -0.2) is 14.2 Å². The Labute approximate surface area is 248 Å². The summed E-state index contributed by atoms with van der Waals surface area (Å²) in [5, 5.41) is 20.7. The van der Waals surface area contributed by atoms with Crippen molar-refractivity contribution < 1.29 is 33.1 Å². The molecule has 18 heteroatoms. The normalized spacial score (nSPS) is 16.0. The number of carbonyl (C=O) groups is 2. The van der Waals surface area contributed by atoms with E-state index in [2.05, 4.69) is 37.3 Å². The van der Waals surface area contributed by atoms with Crippen LogP contribution in [-0.4, -0.2) is 85.3 Å². The highest BCUT2D eigenvalue weighted by molar-refractivity contribution is 5.93. The van der Waals surface area contributed by atoms with Gasteiger partial charge in [0.05, 0.1) is 37.1 Å². The van der Waals surface area contributed by atoms with Crippen molar-refractivity contribution in [2.45, 2.75) is 12.2 Å². The predicted octanol–water partition coefficient (Wildman–Crippen LogP) is 2.17. The molecule has 2 atom stereocenters. The third-order valence-corrected chi connectivity index (χ3v) is 6.57.